The van der Waals surface area contributed by atoms with Gasteiger partial charge in [-0.3, -0.25) is 9.78 Å². The fourth-order valence-electron chi connectivity index (χ4n) is 2.18. The third-order valence-electron chi connectivity index (χ3n) is 3.41. The number of hydrogen-bond donors (Lipinski definition) is 1. The number of likely N-dealkylation sites (N-methyl/N-ethyl adjacent to an activating group) is 1. The first-order chi connectivity index (χ1) is 10.2. The summed E-state index contributed by atoms with van der Waals surface area (Å²) in [6, 6.07) is 3.49. The van der Waals surface area contributed by atoms with Crippen LogP contribution in [0.25, 0.3) is 0 Å². The van der Waals surface area contributed by atoms with Crippen LogP contribution in [0.3, 0.4) is 0 Å². The zero-order valence-corrected chi connectivity index (χ0v) is 12.6. The van der Waals surface area contributed by atoms with Crippen molar-refractivity contribution in [1.82, 2.24) is 15.2 Å². The highest BCUT2D eigenvalue weighted by Gasteiger charge is 2.28. The molecule has 0 unspecified atom stereocenters. The predicted octanol–water partition coefficient (Wildman–Crippen LogP) is 0.547. The van der Waals surface area contributed by atoms with Gasteiger partial charge in [0.1, 0.15) is 6.10 Å². The Bertz CT molecular complexity index is 439. The summed E-state index contributed by atoms with van der Waals surface area (Å²) in [4.78, 5) is 18.2. The molecule has 1 aromatic heterocycles. The Hall–Kier alpha value is -1.50. The van der Waals surface area contributed by atoms with Crippen molar-refractivity contribution in [3.8, 4) is 0 Å². The van der Waals surface area contributed by atoms with Crippen molar-refractivity contribution in [1.29, 1.82) is 0 Å². The molecule has 1 fully saturated rings. The van der Waals surface area contributed by atoms with E-state index in [4.69, 9.17) is 9.47 Å². The van der Waals surface area contributed by atoms with Gasteiger partial charge in [0.15, 0.2) is 0 Å². The zero-order chi connectivity index (χ0) is 15.1. The lowest BCUT2D eigenvalue weighted by atomic mass is 10.1. The second-order valence-electron chi connectivity index (χ2n) is 5.40. The lowest BCUT2D eigenvalue weighted by molar-refractivity contribution is -0.0690. The van der Waals surface area contributed by atoms with Gasteiger partial charge < -0.3 is 19.7 Å². The van der Waals surface area contributed by atoms with E-state index in [1.54, 1.807) is 24.5 Å². The first-order valence-corrected chi connectivity index (χ1v) is 7.22. The third-order valence-corrected chi connectivity index (χ3v) is 3.41. The number of ether oxygens (including phenoxy) is 2. The van der Waals surface area contributed by atoms with Crippen LogP contribution in [0.2, 0.25) is 0 Å². The maximum atomic E-state index is 12.2. The van der Waals surface area contributed by atoms with Crippen molar-refractivity contribution in [2.24, 2.45) is 0 Å². The molecule has 2 atom stereocenters. The second kappa shape index (κ2) is 8.07. The number of aromatic nitrogens is 1. The summed E-state index contributed by atoms with van der Waals surface area (Å²) in [6.45, 7) is 2.64. The summed E-state index contributed by atoms with van der Waals surface area (Å²) in [5.74, 6) is -0.115. The average Bonchev–Trinajstić information content (AvgIpc) is 2.49. The van der Waals surface area contributed by atoms with Crippen LogP contribution in [-0.4, -0.2) is 68.4 Å². The fraction of sp³-hybridized carbons (Fsp3) is 0.600. The summed E-state index contributed by atoms with van der Waals surface area (Å²) < 4.78 is 11.3. The number of amides is 1. The van der Waals surface area contributed by atoms with Crippen LogP contribution in [0.15, 0.2) is 24.5 Å². The summed E-state index contributed by atoms with van der Waals surface area (Å²) in [5.41, 5.74) is 0.566. The Balaban J connectivity index is 1.88. The van der Waals surface area contributed by atoms with Crippen LogP contribution in [0, 0.1) is 0 Å². The molecule has 1 aliphatic rings. The molecule has 0 aromatic carbocycles. The number of carbonyl (C=O) groups is 1. The minimum Gasteiger partial charge on any atom is -0.379 e. The van der Waals surface area contributed by atoms with Gasteiger partial charge in [-0.1, -0.05) is 0 Å². The molecule has 6 nitrogen and oxygen atoms in total. The molecule has 0 aliphatic carbocycles. The van der Waals surface area contributed by atoms with Gasteiger partial charge in [0.25, 0.3) is 5.91 Å². The Morgan fingerprint density at radius 1 is 1.57 bits per heavy atom. The number of carbonyl (C=O) groups excluding carboxylic acids is 1. The van der Waals surface area contributed by atoms with Gasteiger partial charge in [-0.25, -0.2) is 0 Å². The highest BCUT2D eigenvalue weighted by atomic mass is 16.5. The molecule has 1 N–H and O–H groups in total. The molecule has 2 rings (SSSR count). The monoisotopic (exact) mass is 293 g/mol. The number of pyridine rings is 1. The van der Waals surface area contributed by atoms with E-state index in [-0.39, 0.29) is 18.1 Å². The molecule has 1 amide bonds. The van der Waals surface area contributed by atoms with E-state index < -0.39 is 0 Å². The molecule has 1 saturated heterocycles. The quantitative estimate of drug-likeness (QED) is 0.830. The number of rotatable bonds is 6. The van der Waals surface area contributed by atoms with Gasteiger partial charge in [-0.15, -0.1) is 0 Å². The largest absolute Gasteiger partial charge is 0.379 e. The van der Waals surface area contributed by atoms with Gasteiger partial charge in [-0.2, -0.15) is 0 Å². The van der Waals surface area contributed by atoms with Gasteiger partial charge in [-0.05, 0) is 32.6 Å². The summed E-state index contributed by atoms with van der Waals surface area (Å²) in [6.07, 6.45) is 3.88. The third kappa shape index (κ3) is 5.08. The molecule has 6 heteroatoms. The highest BCUT2D eigenvalue weighted by Crippen LogP contribution is 2.12. The van der Waals surface area contributed by atoms with E-state index in [1.807, 2.05) is 14.1 Å². The minimum atomic E-state index is -0.115. The van der Waals surface area contributed by atoms with Gasteiger partial charge in [0.05, 0.1) is 24.8 Å². The van der Waals surface area contributed by atoms with Crippen molar-refractivity contribution < 1.29 is 14.3 Å². The van der Waals surface area contributed by atoms with Gasteiger partial charge >= 0.3 is 0 Å². The Kier molecular flexibility index (Phi) is 6.10. The van der Waals surface area contributed by atoms with Crippen molar-refractivity contribution in [2.75, 3.05) is 40.5 Å². The van der Waals surface area contributed by atoms with E-state index in [0.29, 0.717) is 25.4 Å². The van der Waals surface area contributed by atoms with Gasteiger partial charge in [0.2, 0.25) is 0 Å². The molecule has 0 spiro atoms. The smallest absolute Gasteiger partial charge is 0.253 e. The molecule has 1 aliphatic heterocycles. The molecule has 0 radical (unpaired) electrons. The topological polar surface area (TPSA) is 63.7 Å². The maximum absolute atomic E-state index is 12.2. The first kappa shape index (κ1) is 15.9. The Labute approximate surface area is 125 Å². The first-order valence-electron chi connectivity index (χ1n) is 7.22. The molecular weight excluding hydrogens is 270 g/mol. The Morgan fingerprint density at radius 3 is 3.14 bits per heavy atom. The second-order valence-corrected chi connectivity index (χ2v) is 5.40. The molecule has 2 heterocycles. The van der Waals surface area contributed by atoms with Crippen LogP contribution in [-0.2, 0) is 9.47 Å². The van der Waals surface area contributed by atoms with E-state index in [1.165, 1.54) is 0 Å². The summed E-state index contributed by atoms with van der Waals surface area (Å²) in [7, 11) is 4.00. The van der Waals surface area contributed by atoms with E-state index in [0.717, 1.165) is 13.0 Å². The minimum absolute atomic E-state index is 0.0198. The number of nitrogens with zero attached hydrogens (tertiary/aromatic N) is 2. The molecule has 0 saturated carbocycles. The average molecular weight is 293 g/mol. The standard InChI is InChI=1S/C15H23N3O3/c1-18(2)7-9-21-14-11-20-8-5-13(14)17-15(19)12-4-3-6-16-10-12/h3-4,6,10,13-14H,5,7-9,11H2,1-2H3,(H,17,19)/t13-,14-/m1/s1. The van der Waals surface area contributed by atoms with Crippen LogP contribution in [0.1, 0.15) is 16.8 Å². The normalized spacial score (nSPS) is 22.2. The molecular formula is C15H23N3O3. The SMILES string of the molecule is CN(C)CCO[C@@H]1COCC[C@H]1NC(=O)c1cccnc1. The number of hydrogen-bond acceptors (Lipinski definition) is 5. The molecule has 1 aromatic rings. The molecule has 116 valence electrons. The van der Waals surface area contributed by atoms with Crippen LogP contribution >= 0.6 is 0 Å². The van der Waals surface area contributed by atoms with Crippen LogP contribution in [0.4, 0.5) is 0 Å². The van der Waals surface area contributed by atoms with E-state index in [2.05, 4.69) is 15.2 Å². The molecule has 0 bridgehead atoms. The maximum Gasteiger partial charge on any atom is 0.253 e. The zero-order valence-electron chi connectivity index (χ0n) is 12.6. The summed E-state index contributed by atoms with van der Waals surface area (Å²) in [5, 5.41) is 3.03. The van der Waals surface area contributed by atoms with Crippen LogP contribution < -0.4 is 5.32 Å². The predicted molar refractivity (Wildman–Crippen MR) is 79.2 cm³/mol. The van der Waals surface area contributed by atoms with Crippen molar-refractivity contribution in [2.45, 2.75) is 18.6 Å². The van der Waals surface area contributed by atoms with Crippen molar-refractivity contribution >= 4 is 5.91 Å². The lowest BCUT2D eigenvalue weighted by Gasteiger charge is -2.32. The van der Waals surface area contributed by atoms with Crippen molar-refractivity contribution in [3.63, 3.8) is 0 Å². The Morgan fingerprint density at radius 2 is 2.43 bits per heavy atom. The van der Waals surface area contributed by atoms with E-state index in [9.17, 15) is 4.79 Å². The van der Waals surface area contributed by atoms with Crippen molar-refractivity contribution in [3.05, 3.63) is 30.1 Å². The molecule has 21 heavy (non-hydrogen) atoms. The van der Waals surface area contributed by atoms with E-state index >= 15 is 0 Å². The number of nitrogens with one attached hydrogen (secondary N) is 1. The van der Waals surface area contributed by atoms with Crippen LogP contribution in [0.5, 0.6) is 0 Å². The fourth-order valence-corrected chi connectivity index (χ4v) is 2.18. The highest BCUT2D eigenvalue weighted by molar-refractivity contribution is 5.94. The summed E-state index contributed by atoms with van der Waals surface area (Å²) >= 11 is 0. The lowest BCUT2D eigenvalue weighted by Crippen LogP contribution is -2.50. The van der Waals surface area contributed by atoms with Gasteiger partial charge in [0, 0.05) is 25.5 Å².